The molecule has 1 aliphatic rings. The summed E-state index contributed by atoms with van der Waals surface area (Å²) in [4.78, 5) is 11.8. The Morgan fingerprint density at radius 3 is 2.90 bits per heavy atom. The third kappa shape index (κ3) is 1.75. The van der Waals surface area contributed by atoms with Crippen molar-refractivity contribution in [1.82, 2.24) is 4.90 Å². The van der Waals surface area contributed by atoms with Gasteiger partial charge in [-0.1, -0.05) is 5.18 Å². The zero-order valence-corrected chi connectivity index (χ0v) is 6.12. The number of methoxy groups -OCH3 is 1. The molecule has 0 atom stereocenters. The van der Waals surface area contributed by atoms with Gasteiger partial charge in [0, 0.05) is 26.7 Å². The lowest BCUT2D eigenvalue weighted by molar-refractivity contribution is -0.0274. The third-order valence-corrected chi connectivity index (χ3v) is 1.76. The van der Waals surface area contributed by atoms with E-state index >= 15 is 0 Å². The van der Waals surface area contributed by atoms with Gasteiger partial charge in [-0.15, -0.1) is 0 Å². The van der Waals surface area contributed by atoms with Crippen LogP contribution in [0.25, 0.3) is 0 Å². The minimum Gasteiger partial charge on any atom is -0.379 e. The van der Waals surface area contributed by atoms with Crippen molar-refractivity contribution in [3.05, 3.63) is 4.91 Å². The molecule has 0 spiro atoms. The van der Waals surface area contributed by atoms with Gasteiger partial charge in [-0.3, -0.25) is 4.90 Å². The van der Waals surface area contributed by atoms with E-state index in [-0.39, 0.29) is 0 Å². The Labute approximate surface area is 60.1 Å². The lowest BCUT2D eigenvalue weighted by atomic mass is 10.2. The molecule has 0 unspecified atom stereocenters. The molecule has 0 aromatic carbocycles. The first-order valence-corrected chi connectivity index (χ1v) is 3.41. The van der Waals surface area contributed by atoms with Gasteiger partial charge >= 0.3 is 0 Å². The van der Waals surface area contributed by atoms with Crippen molar-refractivity contribution < 1.29 is 4.74 Å². The molecule has 0 N–H and O–H groups in total. The van der Waals surface area contributed by atoms with Gasteiger partial charge in [-0.2, -0.15) is 4.91 Å². The number of nitroso groups, excluding NO2 is 1. The highest BCUT2D eigenvalue weighted by atomic mass is 16.5. The molecule has 1 saturated heterocycles. The van der Waals surface area contributed by atoms with Crippen LogP contribution in [0.3, 0.4) is 0 Å². The molecule has 4 heteroatoms. The van der Waals surface area contributed by atoms with Crippen LogP contribution >= 0.6 is 0 Å². The van der Waals surface area contributed by atoms with Crippen LogP contribution in [0.4, 0.5) is 0 Å². The molecule has 0 amide bonds. The smallest absolute Gasteiger partial charge is 0.0938 e. The molecule has 1 heterocycles. The van der Waals surface area contributed by atoms with Crippen molar-refractivity contribution in [2.24, 2.45) is 5.18 Å². The van der Waals surface area contributed by atoms with Crippen molar-refractivity contribution in [3.8, 4) is 0 Å². The Bertz CT molecular complexity index is 112. The zero-order chi connectivity index (χ0) is 7.40. The van der Waals surface area contributed by atoms with Crippen LogP contribution in [-0.2, 0) is 4.74 Å². The second kappa shape index (κ2) is 3.63. The normalized spacial score (nSPS) is 20.5. The van der Waals surface area contributed by atoms with E-state index in [9.17, 15) is 4.91 Å². The molecule has 0 saturated carbocycles. The Morgan fingerprint density at radius 2 is 2.40 bits per heavy atom. The van der Waals surface area contributed by atoms with Crippen molar-refractivity contribution >= 4 is 0 Å². The van der Waals surface area contributed by atoms with E-state index in [1.54, 1.807) is 7.11 Å². The maximum atomic E-state index is 9.69. The first-order chi connectivity index (χ1) is 4.86. The number of hydrogen-bond donors (Lipinski definition) is 0. The van der Waals surface area contributed by atoms with E-state index in [2.05, 4.69) is 10.1 Å². The van der Waals surface area contributed by atoms with Gasteiger partial charge in [0.05, 0.1) is 12.6 Å². The summed E-state index contributed by atoms with van der Waals surface area (Å²) in [6.07, 6.45) is 0.381. The van der Waals surface area contributed by atoms with Gasteiger partial charge in [-0.05, 0) is 0 Å². The SMILES string of the molecule is COC1CN(CCN=O)C1. The average molecular weight is 144 g/mol. The number of likely N-dealkylation sites (tertiary alicyclic amines) is 1. The molecule has 4 nitrogen and oxygen atoms in total. The fourth-order valence-corrected chi connectivity index (χ4v) is 1.04. The Kier molecular flexibility index (Phi) is 2.77. The van der Waals surface area contributed by atoms with Crippen LogP contribution in [0.5, 0.6) is 0 Å². The van der Waals surface area contributed by atoms with Crippen LogP contribution in [0.1, 0.15) is 0 Å². The number of hydrogen-bond acceptors (Lipinski definition) is 4. The highest BCUT2D eigenvalue weighted by Crippen LogP contribution is 2.08. The summed E-state index contributed by atoms with van der Waals surface area (Å²) < 4.78 is 5.05. The summed E-state index contributed by atoms with van der Waals surface area (Å²) in [5.74, 6) is 0. The summed E-state index contributed by atoms with van der Waals surface area (Å²) in [5.41, 5.74) is 0. The summed E-state index contributed by atoms with van der Waals surface area (Å²) in [7, 11) is 1.71. The first-order valence-electron chi connectivity index (χ1n) is 3.41. The number of ether oxygens (including phenoxy) is 1. The maximum Gasteiger partial charge on any atom is 0.0938 e. The fraction of sp³-hybridized carbons (Fsp3) is 1.00. The van der Waals surface area contributed by atoms with Crippen LogP contribution in [0, 0.1) is 4.91 Å². The molecule has 1 fully saturated rings. The van der Waals surface area contributed by atoms with E-state index in [0.717, 1.165) is 19.6 Å². The van der Waals surface area contributed by atoms with Crippen LogP contribution in [-0.4, -0.2) is 44.3 Å². The Balaban J connectivity index is 1.97. The van der Waals surface area contributed by atoms with E-state index < -0.39 is 0 Å². The van der Waals surface area contributed by atoms with Gasteiger partial charge in [0.2, 0.25) is 0 Å². The van der Waals surface area contributed by atoms with Gasteiger partial charge in [0.15, 0.2) is 0 Å². The van der Waals surface area contributed by atoms with E-state index in [0.29, 0.717) is 12.6 Å². The summed E-state index contributed by atoms with van der Waals surface area (Å²) in [6, 6.07) is 0. The monoisotopic (exact) mass is 144 g/mol. The largest absolute Gasteiger partial charge is 0.379 e. The van der Waals surface area contributed by atoms with Crippen molar-refractivity contribution in [2.45, 2.75) is 6.10 Å². The minimum absolute atomic E-state index is 0.381. The lowest BCUT2D eigenvalue weighted by Gasteiger charge is -2.37. The molecule has 1 aliphatic heterocycles. The molecule has 1 rings (SSSR count). The predicted molar refractivity (Wildman–Crippen MR) is 37.9 cm³/mol. The van der Waals surface area contributed by atoms with Crippen molar-refractivity contribution in [3.63, 3.8) is 0 Å². The summed E-state index contributed by atoms with van der Waals surface area (Å²) in [5, 5.41) is 2.78. The highest BCUT2D eigenvalue weighted by Gasteiger charge is 2.25. The summed E-state index contributed by atoms with van der Waals surface area (Å²) >= 11 is 0. The predicted octanol–water partition coefficient (Wildman–Crippen LogP) is 0.0834. The molecule has 10 heavy (non-hydrogen) atoms. The van der Waals surface area contributed by atoms with E-state index in [1.165, 1.54) is 0 Å². The van der Waals surface area contributed by atoms with E-state index in [4.69, 9.17) is 4.74 Å². The van der Waals surface area contributed by atoms with Crippen molar-refractivity contribution in [2.75, 3.05) is 33.3 Å². The van der Waals surface area contributed by atoms with Crippen LogP contribution < -0.4 is 0 Å². The van der Waals surface area contributed by atoms with Crippen LogP contribution in [0.15, 0.2) is 5.18 Å². The molecular weight excluding hydrogens is 132 g/mol. The Hall–Kier alpha value is -0.480. The van der Waals surface area contributed by atoms with E-state index in [1.807, 2.05) is 0 Å². The average Bonchev–Trinajstić information content (AvgIpc) is 1.86. The molecule has 0 bridgehead atoms. The van der Waals surface area contributed by atoms with Gasteiger partial charge < -0.3 is 4.74 Å². The fourth-order valence-electron chi connectivity index (χ4n) is 1.04. The second-order valence-corrected chi connectivity index (χ2v) is 2.47. The van der Waals surface area contributed by atoms with Crippen LogP contribution in [0.2, 0.25) is 0 Å². The highest BCUT2D eigenvalue weighted by molar-refractivity contribution is 4.80. The zero-order valence-electron chi connectivity index (χ0n) is 6.12. The van der Waals surface area contributed by atoms with Gasteiger partial charge in [-0.25, -0.2) is 0 Å². The molecule has 0 aliphatic carbocycles. The number of rotatable bonds is 4. The quantitative estimate of drug-likeness (QED) is 0.525. The standard InChI is InChI=1S/C6H12N2O2/c1-10-6-4-8(5-6)3-2-7-9/h6H,2-5H2,1H3. The first kappa shape index (κ1) is 7.63. The summed E-state index contributed by atoms with van der Waals surface area (Å²) in [6.45, 7) is 3.08. The molecular formula is C6H12N2O2. The molecule has 0 radical (unpaired) electrons. The van der Waals surface area contributed by atoms with Crippen molar-refractivity contribution in [1.29, 1.82) is 0 Å². The maximum absolute atomic E-state index is 9.69. The second-order valence-electron chi connectivity index (χ2n) is 2.47. The topological polar surface area (TPSA) is 41.9 Å². The van der Waals surface area contributed by atoms with Gasteiger partial charge in [0.25, 0.3) is 0 Å². The molecule has 0 aromatic heterocycles. The third-order valence-electron chi connectivity index (χ3n) is 1.76. The van der Waals surface area contributed by atoms with Gasteiger partial charge in [0.1, 0.15) is 0 Å². The minimum atomic E-state index is 0.381. The number of nitrogens with zero attached hydrogens (tertiary/aromatic N) is 2. The molecule has 0 aromatic rings. The molecule has 58 valence electrons. The Morgan fingerprint density at radius 1 is 1.70 bits per heavy atom. The lowest BCUT2D eigenvalue weighted by Crippen LogP contribution is -2.52.